The standard InChI is InChI=1S/C27H33FN6O3/c1-17(2)20-14-22(31-30-20)26(36)33-13-12-27(16-33)10-8-18(9-11-27)29-25(35)21-15-24(37-3)34(32-21)23-7-5-4-6-19(23)28/h4-7,14-15,17-18H,8-13,16H2,1-3H3,(H,29,35)(H,30,31). The number of hydrogen-bond donors (Lipinski definition) is 2. The largest absolute Gasteiger partial charge is 0.481 e. The van der Waals surface area contributed by atoms with Crippen LogP contribution in [0.15, 0.2) is 36.4 Å². The number of halogens is 1. The van der Waals surface area contributed by atoms with Gasteiger partial charge in [-0.1, -0.05) is 26.0 Å². The predicted octanol–water partition coefficient (Wildman–Crippen LogP) is 4.07. The average molecular weight is 509 g/mol. The molecule has 3 heterocycles. The van der Waals surface area contributed by atoms with Crippen LogP contribution in [-0.4, -0.2) is 62.9 Å². The lowest BCUT2D eigenvalue weighted by atomic mass is 9.72. The van der Waals surface area contributed by atoms with E-state index in [1.54, 1.807) is 18.2 Å². The van der Waals surface area contributed by atoms with E-state index in [0.29, 0.717) is 11.6 Å². The molecule has 2 aliphatic rings. The van der Waals surface area contributed by atoms with Gasteiger partial charge in [0.25, 0.3) is 11.8 Å². The first-order valence-electron chi connectivity index (χ1n) is 12.8. The van der Waals surface area contributed by atoms with Gasteiger partial charge in [-0.25, -0.2) is 4.39 Å². The zero-order valence-corrected chi connectivity index (χ0v) is 21.5. The van der Waals surface area contributed by atoms with Crippen LogP contribution in [0, 0.1) is 11.2 Å². The molecule has 1 aromatic carbocycles. The third-order valence-electron chi connectivity index (χ3n) is 7.74. The highest BCUT2D eigenvalue weighted by Crippen LogP contribution is 2.44. The molecule has 5 rings (SSSR count). The van der Waals surface area contributed by atoms with E-state index in [1.807, 2.05) is 11.0 Å². The minimum Gasteiger partial charge on any atom is -0.481 e. The molecule has 2 fully saturated rings. The molecule has 2 N–H and O–H groups in total. The Balaban J connectivity index is 1.18. The summed E-state index contributed by atoms with van der Waals surface area (Å²) in [5, 5.41) is 14.6. The van der Waals surface area contributed by atoms with Crippen molar-refractivity contribution in [3.05, 3.63) is 59.3 Å². The van der Waals surface area contributed by atoms with Crippen LogP contribution >= 0.6 is 0 Å². The van der Waals surface area contributed by atoms with Crippen LogP contribution in [0.5, 0.6) is 5.88 Å². The predicted molar refractivity (Wildman–Crippen MR) is 135 cm³/mol. The number of carbonyl (C=O) groups excluding carboxylic acids is 2. The fourth-order valence-corrected chi connectivity index (χ4v) is 5.47. The Kier molecular flexibility index (Phi) is 6.74. The summed E-state index contributed by atoms with van der Waals surface area (Å²) in [5.41, 5.74) is 1.92. The van der Waals surface area contributed by atoms with Crippen LogP contribution in [0.2, 0.25) is 0 Å². The van der Waals surface area contributed by atoms with Crippen LogP contribution in [-0.2, 0) is 0 Å². The van der Waals surface area contributed by atoms with E-state index in [0.717, 1.165) is 50.9 Å². The van der Waals surface area contributed by atoms with Crippen LogP contribution in [0.1, 0.15) is 78.5 Å². The minimum atomic E-state index is -0.454. The maximum atomic E-state index is 14.3. The molecular formula is C27H33FN6O3. The molecule has 0 unspecified atom stereocenters. The number of methoxy groups -OCH3 is 1. The van der Waals surface area contributed by atoms with Gasteiger partial charge in [-0.3, -0.25) is 14.7 Å². The quantitative estimate of drug-likeness (QED) is 0.522. The monoisotopic (exact) mass is 508 g/mol. The maximum Gasteiger partial charge on any atom is 0.274 e. The Morgan fingerprint density at radius 1 is 1.16 bits per heavy atom. The third-order valence-corrected chi connectivity index (χ3v) is 7.74. The second-order valence-corrected chi connectivity index (χ2v) is 10.5. The first-order chi connectivity index (χ1) is 17.8. The van der Waals surface area contributed by atoms with Crippen molar-refractivity contribution in [3.8, 4) is 11.6 Å². The van der Waals surface area contributed by atoms with Crippen LogP contribution < -0.4 is 10.1 Å². The molecule has 196 valence electrons. The Labute approximate surface area is 215 Å². The second kappa shape index (κ2) is 9.99. The van der Waals surface area contributed by atoms with Crippen molar-refractivity contribution in [3.63, 3.8) is 0 Å². The highest BCUT2D eigenvalue weighted by molar-refractivity contribution is 5.93. The summed E-state index contributed by atoms with van der Waals surface area (Å²) in [6, 6.07) is 9.61. The second-order valence-electron chi connectivity index (χ2n) is 10.5. The van der Waals surface area contributed by atoms with Gasteiger partial charge in [-0.2, -0.15) is 14.9 Å². The summed E-state index contributed by atoms with van der Waals surface area (Å²) >= 11 is 0. The summed E-state index contributed by atoms with van der Waals surface area (Å²) in [4.78, 5) is 27.9. The number of carbonyl (C=O) groups is 2. The summed E-state index contributed by atoms with van der Waals surface area (Å²) in [5.74, 6) is -0.207. The van der Waals surface area contributed by atoms with Crippen molar-refractivity contribution in [1.29, 1.82) is 0 Å². The molecule has 1 saturated heterocycles. The van der Waals surface area contributed by atoms with Gasteiger partial charge in [0.15, 0.2) is 5.69 Å². The van der Waals surface area contributed by atoms with Gasteiger partial charge in [-0.05, 0) is 61.6 Å². The molecule has 3 aromatic rings. The Hall–Kier alpha value is -3.69. The Morgan fingerprint density at radius 2 is 1.92 bits per heavy atom. The molecule has 2 aromatic heterocycles. The highest BCUT2D eigenvalue weighted by Gasteiger charge is 2.43. The zero-order chi connectivity index (χ0) is 26.2. The zero-order valence-electron chi connectivity index (χ0n) is 21.5. The molecule has 2 amide bonds. The van der Waals surface area contributed by atoms with E-state index in [2.05, 4.69) is 34.5 Å². The van der Waals surface area contributed by atoms with E-state index in [4.69, 9.17) is 4.74 Å². The Bertz CT molecular complexity index is 1290. The van der Waals surface area contributed by atoms with Gasteiger partial charge >= 0.3 is 0 Å². The number of benzene rings is 1. The van der Waals surface area contributed by atoms with E-state index >= 15 is 0 Å². The topological polar surface area (TPSA) is 105 Å². The fraction of sp³-hybridized carbons (Fsp3) is 0.481. The number of rotatable bonds is 6. The molecule has 10 heteroatoms. The number of likely N-dealkylation sites (tertiary alicyclic amines) is 1. The Morgan fingerprint density at radius 3 is 2.59 bits per heavy atom. The normalized spacial score (nSPS) is 21.5. The van der Waals surface area contributed by atoms with E-state index < -0.39 is 5.82 Å². The minimum absolute atomic E-state index is 0.0187. The number of nitrogens with one attached hydrogen (secondary N) is 2. The summed E-state index contributed by atoms with van der Waals surface area (Å²) in [6.45, 7) is 5.58. The van der Waals surface area contributed by atoms with Gasteiger partial charge in [0.2, 0.25) is 5.88 Å². The number of H-pyrrole nitrogens is 1. The molecule has 37 heavy (non-hydrogen) atoms. The molecule has 0 radical (unpaired) electrons. The molecule has 0 bridgehead atoms. The number of hydrogen-bond acceptors (Lipinski definition) is 5. The number of nitrogens with zero attached hydrogens (tertiary/aromatic N) is 4. The molecule has 1 saturated carbocycles. The van der Waals surface area contributed by atoms with E-state index in [1.165, 1.54) is 23.9 Å². The molecule has 0 atom stereocenters. The van der Waals surface area contributed by atoms with Gasteiger partial charge in [0, 0.05) is 30.9 Å². The van der Waals surface area contributed by atoms with Gasteiger partial charge in [0.05, 0.1) is 7.11 Å². The number of amides is 2. The SMILES string of the molecule is COc1cc(C(=O)NC2CCC3(CC2)CCN(C(=O)c2cc(C(C)C)[nH]n2)C3)nn1-c1ccccc1F. The summed E-state index contributed by atoms with van der Waals surface area (Å²) < 4.78 is 20.9. The number of aromatic amines is 1. The molecular weight excluding hydrogens is 475 g/mol. The van der Waals surface area contributed by atoms with Crippen molar-refractivity contribution >= 4 is 11.8 Å². The van der Waals surface area contributed by atoms with Crippen molar-refractivity contribution in [1.82, 2.24) is 30.2 Å². The molecule has 1 aliphatic carbocycles. The average Bonchev–Trinajstić information content (AvgIpc) is 3.64. The van der Waals surface area contributed by atoms with E-state index in [-0.39, 0.29) is 40.5 Å². The number of para-hydroxylation sites is 1. The van der Waals surface area contributed by atoms with Crippen molar-refractivity contribution in [2.75, 3.05) is 20.2 Å². The van der Waals surface area contributed by atoms with Crippen LogP contribution in [0.4, 0.5) is 4.39 Å². The van der Waals surface area contributed by atoms with Gasteiger partial charge < -0.3 is 15.0 Å². The van der Waals surface area contributed by atoms with Crippen LogP contribution in [0.3, 0.4) is 0 Å². The maximum absolute atomic E-state index is 14.3. The smallest absolute Gasteiger partial charge is 0.274 e. The fourth-order valence-electron chi connectivity index (χ4n) is 5.47. The lowest BCUT2D eigenvalue weighted by Gasteiger charge is -2.37. The van der Waals surface area contributed by atoms with Gasteiger partial charge in [0.1, 0.15) is 17.2 Å². The highest BCUT2D eigenvalue weighted by atomic mass is 19.1. The number of ether oxygens (including phenoxy) is 1. The summed E-state index contributed by atoms with van der Waals surface area (Å²) in [7, 11) is 1.46. The van der Waals surface area contributed by atoms with Crippen LogP contribution in [0.25, 0.3) is 5.69 Å². The van der Waals surface area contributed by atoms with Crippen molar-refractivity contribution in [2.24, 2.45) is 5.41 Å². The van der Waals surface area contributed by atoms with E-state index in [9.17, 15) is 14.0 Å². The third kappa shape index (κ3) is 4.97. The van der Waals surface area contributed by atoms with Gasteiger partial charge in [-0.15, -0.1) is 0 Å². The van der Waals surface area contributed by atoms with Crippen molar-refractivity contribution in [2.45, 2.75) is 57.9 Å². The summed E-state index contributed by atoms with van der Waals surface area (Å²) in [6.07, 6.45) is 4.50. The first-order valence-corrected chi connectivity index (χ1v) is 12.8. The molecule has 1 aliphatic heterocycles. The van der Waals surface area contributed by atoms with Crippen molar-refractivity contribution < 1.29 is 18.7 Å². The molecule has 9 nitrogen and oxygen atoms in total. The first kappa shape index (κ1) is 25.0. The molecule has 1 spiro atoms. The number of aromatic nitrogens is 4. The lowest BCUT2D eigenvalue weighted by Crippen LogP contribution is -2.42. The lowest BCUT2D eigenvalue weighted by molar-refractivity contribution is 0.0744.